The van der Waals surface area contributed by atoms with Crippen molar-refractivity contribution in [2.45, 2.75) is 19.1 Å². The van der Waals surface area contributed by atoms with Crippen molar-refractivity contribution >= 4 is 11.0 Å². The number of aliphatic hydroxyl groups is 1. The SMILES string of the molecule is C#CCC(O)Cn1cnc2ccccc21. The molecule has 0 bridgehead atoms. The molecule has 1 atom stereocenters. The van der Waals surface area contributed by atoms with Gasteiger partial charge < -0.3 is 9.67 Å². The Bertz CT molecular complexity index is 496. The van der Waals surface area contributed by atoms with Crippen LogP contribution in [0.4, 0.5) is 0 Å². The fraction of sp³-hybridized carbons (Fsp3) is 0.250. The summed E-state index contributed by atoms with van der Waals surface area (Å²) in [4.78, 5) is 4.23. The number of imidazole rings is 1. The largest absolute Gasteiger partial charge is 0.390 e. The Balaban J connectivity index is 2.25. The van der Waals surface area contributed by atoms with Gasteiger partial charge in [-0.25, -0.2) is 4.98 Å². The van der Waals surface area contributed by atoms with Gasteiger partial charge in [0.15, 0.2) is 0 Å². The summed E-state index contributed by atoms with van der Waals surface area (Å²) in [6.45, 7) is 0.491. The Morgan fingerprint density at radius 3 is 3.07 bits per heavy atom. The first kappa shape index (κ1) is 9.75. The Morgan fingerprint density at radius 1 is 1.47 bits per heavy atom. The molecule has 1 heterocycles. The highest BCUT2D eigenvalue weighted by Crippen LogP contribution is 2.12. The summed E-state index contributed by atoms with van der Waals surface area (Å²) in [5, 5.41) is 9.59. The van der Waals surface area contributed by atoms with Gasteiger partial charge in [0.05, 0.1) is 30.0 Å². The van der Waals surface area contributed by atoms with E-state index in [0.29, 0.717) is 13.0 Å². The molecule has 1 aromatic carbocycles. The van der Waals surface area contributed by atoms with Gasteiger partial charge in [0.25, 0.3) is 0 Å². The second-order valence-electron chi connectivity index (χ2n) is 3.45. The van der Waals surface area contributed by atoms with Crippen molar-refractivity contribution in [1.29, 1.82) is 0 Å². The Labute approximate surface area is 88.4 Å². The molecule has 0 aliphatic heterocycles. The number of aromatic nitrogens is 2. The first-order valence-corrected chi connectivity index (χ1v) is 4.82. The number of rotatable bonds is 3. The van der Waals surface area contributed by atoms with Crippen molar-refractivity contribution in [3.8, 4) is 12.3 Å². The van der Waals surface area contributed by atoms with Gasteiger partial charge in [-0.1, -0.05) is 12.1 Å². The molecule has 76 valence electrons. The van der Waals surface area contributed by atoms with E-state index in [4.69, 9.17) is 6.42 Å². The van der Waals surface area contributed by atoms with Crippen LogP contribution < -0.4 is 0 Å². The average molecular weight is 200 g/mol. The summed E-state index contributed by atoms with van der Waals surface area (Å²) in [5.74, 6) is 2.44. The first-order valence-electron chi connectivity index (χ1n) is 4.82. The maximum Gasteiger partial charge on any atom is 0.0959 e. The van der Waals surface area contributed by atoms with E-state index in [0.717, 1.165) is 11.0 Å². The predicted molar refractivity (Wildman–Crippen MR) is 59.2 cm³/mol. The topological polar surface area (TPSA) is 38.0 Å². The number of fused-ring (bicyclic) bond motifs is 1. The van der Waals surface area contributed by atoms with Gasteiger partial charge in [0, 0.05) is 6.42 Å². The number of terminal acetylenes is 1. The average Bonchev–Trinajstić information content (AvgIpc) is 2.62. The Hall–Kier alpha value is -1.79. The van der Waals surface area contributed by atoms with Crippen LogP contribution in [0.2, 0.25) is 0 Å². The quantitative estimate of drug-likeness (QED) is 0.761. The molecule has 0 saturated carbocycles. The van der Waals surface area contributed by atoms with Crippen molar-refractivity contribution in [2.24, 2.45) is 0 Å². The van der Waals surface area contributed by atoms with Gasteiger partial charge in [-0.2, -0.15) is 0 Å². The molecule has 2 aromatic rings. The minimum absolute atomic E-state index is 0.368. The molecular weight excluding hydrogens is 188 g/mol. The molecule has 0 radical (unpaired) electrons. The Kier molecular flexibility index (Phi) is 2.70. The van der Waals surface area contributed by atoms with Gasteiger partial charge in [0.2, 0.25) is 0 Å². The van der Waals surface area contributed by atoms with Gasteiger partial charge in [-0.15, -0.1) is 12.3 Å². The number of aliphatic hydroxyl groups excluding tert-OH is 1. The number of benzene rings is 1. The molecule has 1 unspecified atom stereocenters. The number of para-hydroxylation sites is 2. The van der Waals surface area contributed by atoms with E-state index in [1.54, 1.807) is 6.33 Å². The van der Waals surface area contributed by atoms with E-state index in [1.165, 1.54) is 0 Å². The zero-order chi connectivity index (χ0) is 10.7. The highest BCUT2D eigenvalue weighted by Gasteiger charge is 2.06. The lowest BCUT2D eigenvalue weighted by Crippen LogP contribution is -2.14. The van der Waals surface area contributed by atoms with Gasteiger partial charge >= 0.3 is 0 Å². The monoisotopic (exact) mass is 200 g/mol. The minimum atomic E-state index is -0.507. The molecule has 3 heteroatoms. The van der Waals surface area contributed by atoms with Crippen LogP contribution in [-0.2, 0) is 6.54 Å². The van der Waals surface area contributed by atoms with E-state index in [1.807, 2.05) is 28.8 Å². The zero-order valence-corrected chi connectivity index (χ0v) is 8.30. The van der Waals surface area contributed by atoms with E-state index < -0.39 is 6.10 Å². The second-order valence-corrected chi connectivity index (χ2v) is 3.45. The fourth-order valence-corrected chi connectivity index (χ4v) is 1.58. The van der Waals surface area contributed by atoms with E-state index in [2.05, 4.69) is 10.9 Å². The lowest BCUT2D eigenvalue weighted by atomic mass is 10.2. The standard InChI is InChI=1S/C12H12N2O/c1-2-5-10(15)8-14-9-13-11-6-3-4-7-12(11)14/h1,3-4,6-7,9-10,15H,5,8H2. The van der Waals surface area contributed by atoms with Crippen LogP contribution in [0.5, 0.6) is 0 Å². The van der Waals surface area contributed by atoms with Gasteiger partial charge in [0.1, 0.15) is 0 Å². The lowest BCUT2D eigenvalue weighted by Gasteiger charge is -2.08. The van der Waals surface area contributed by atoms with Crippen LogP contribution in [0.15, 0.2) is 30.6 Å². The molecule has 3 nitrogen and oxygen atoms in total. The van der Waals surface area contributed by atoms with Gasteiger partial charge in [-0.3, -0.25) is 0 Å². The van der Waals surface area contributed by atoms with Gasteiger partial charge in [-0.05, 0) is 12.1 Å². The van der Waals surface area contributed by atoms with Crippen molar-refractivity contribution in [1.82, 2.24) is 9.55 Å². The first-order chi connectivity index (χ1) is 7.31. The molecule has 0 fully saturated rings. The Morgan fingerprint density at radius 2 is 2.27 bits per heavy atom. The van der Waals surface area contributed by atoms with Crippen molar-refractivity contribution in [3.63, 3.8) is 0 Å². The molecule has 0 aliphatic rings. The summed E-state index contributed by atoms with van der Waals surface area (Å²) < 4.78 is 1.91. The fourth-order valence-electron chi connectivity index (χ4n) is 1.58. The van der Waals surface area contributed by atoms with Crippen molar-refractivity contribution in [3.05, 3.63) is 30.6 Å². The highest BCUT2D eigenvalue weighted by molar-refractivity contribution is 5.74. The van der Waals surface area contributed by atoms with E-state index in [9.17, 15) is 5.11 Å². The third-order valence-corrected chi connectivity index (χ3v) is 2.29. The third-order valence-electron chi connectivity index (χ3n) is 2.29. The maximum atomic E-state index is 9.59. The highest BCUT2D eigenvalue weighted by atomic mass is 16.3. The second kappa shape index (κ2) is 4.16. The van der Waals surface area contributed by atoms with Crippen LogP contribution >= 0.6 is 0 Å². The molecule has 0 spiro atoms. The summed E-state index contributed by atoms with van der Waals surface area (Å²) in [5.41, 5.74) is 1.96. The van der Waals surface area contributed by atoms with Crippen LogP contribution in [0.1, 0.15) is 6.42 Å². The van der Waals surface area contributed by atoms with Crippen LogP contribution in [0.25, 0.3) is 11.0 Å². The zero-order valence-electron chi connectivity index (χ0n) is 8.30. The van der Waals surface area contributed by atoms with E-state index in [-0.39, 0.29) is 0 Å². The van der Waals surface area contributed by atoms with Crippen LogP contribution in [-0.4, -0.2) is 20.8 Å². The van der Waals surface area contributed by atoms with Crippen molar-refractivity contribution in [2.75, 3.05) is 0 Å². The molecule has 0 amide bonds. The summed E-state index contributed by atoms with van der Waals surface area (Å²) >= 11 is 0. The smallest absolute Gasteiger partial charge is 0.0959 e. The number of nitrogens with zero attached hydrogens (tertiary/aromatic N) is 2. The van der Waals surface area contributed by atoms with Crippen LogP contribution in [0.3, 0.4) is 0 Å². The van der Waals surface area contributed by atoms with Crippen molar-refractivity contribution < 1.29 is 5.11 Å². The minimum Gasteiger partial charge on any atom is -0.390 e. The normalized spacial score (nSPS) is 12.5. The number of hydrogen-bond donors (Lipinski definition) is 1. The molecule has 15 heavy (non-hydrogen) atoms. The molecule has 2 rings (SSSR count). The maximum absolute atomic E-state index is 9.59. The molecule has 1 N–H and O–H groups in total. The predicted octanol–water partition coefficient (Wildman–Crippen LogP) is 1.42. The summed E-state index contributed by atoms with van der Waals surface area (Å²) in [6, 6.07) is 7.82. The number of hydrogen-bond acceptors (Lipinski definition) is 2. The summed E-state index contributed by atoms with van der Waals surface area (Å²) in [6.07, 6.45) is 6.72. The summed E-state index contributed by atoms with van der Waals surface area (Å²) in [7, 11) is 0. The van der Waals surface area contributed by atoms with Crippen LogP contribution in [0, 0.1) is 12.3 Å². The molecule has 1 aromatic heterocycles. The third kappa shape index (κ3) is 2.00. The molecular formula is C12H12N2O. The molecule has 0 saturated heterocycles. The van der Waals surface area contributed by atoms with E-state index >= 15 is 0 Å². The molecule has 0 aliphatic carbocycles. The lowest BCUT2D eigenvalue weighted by molar-refractivity contribution is 0.161.